The molecule has 8 nitrogen and oxygen atoms in total. The SMILES string of the molecule is CC(=O)N1CC2(CC(COc3nc(Nc4ccc(N5C[C@@H](C)O[C@@H](C)C5)cc4)ncc3F)C2)C1. The number of nitrogens with one attached hydrogen (secondary N) is 1. The van der Waals surface area contributed by atoms with Gasteiger partial charge in [0, 0.05) is 49.9 Å². The van der Waals surface area contributed by atoms with Crippen molar-refractivity contribution in [3.63, 3.8) is 0 Å². The van der Waals surface area contributed by atoms with E-state index in [9.17, 15) is 9.18 Å². The van der Waals surface area contributed by atoms with Gasteiger partial charge in [-0.1, -0.05) is 0 Å². The van der Waals surface area contributed by atoms with Crippen LogP contribution in [0.25, 0.3) is 0 Å². The largest absolute Gasteiger partial charge is 0.475 e. The highest BCUT2D eigenvalue weighted by atomic mass is 19.1. The zero-order valence-electron chi connectivity index (χ0n) is 20.0. The first-order valence-corrected chi connectivity index (χ1v) is 12.0. The Balaban J connectivity index is 1.14. The van der Waals surface area contributed by atoms with Gasteiger partial charge in [0.05, 0.1) is 25.0 Å². The summed E-state index contributed by atoms with van der Waals surface area (Å²) in [5.41, 5.74) is 2.20. The van der Waals surface area contributed by atoms with Gasteiger partial charge in [0.25, 0.3) is 5.88 Å². The maximum absolute atomic E-state index is 14.2. The van der Waals surface area contributed by atoms with Gasteiger partial charge in [0.15, 0.2) is 0 Å². The molecule has 182 valence electrons. The highest BCUT2D eigenvalue weighted by Gasteiger charge is 2.53. The molecule has 3 aliphatic rings. The lowest BCUT2D eigenvalue weighted by Gasteiger charge is -2.58. The van der Waals surface area contributed by atoms with E-state index in [0.29, 0.717) is 18.5 Å². The first-order valence-electron chi connectivity index (χ1n) is 12.0. The van der Waals surface area contributed by atoms with E-state index in [4.69, 9.17) is 9.47 Å². The molecule has 1 spiro atoms. The third kappa shape index (κ3) is 4.80. The molecular formula is C25H32FN5O3. The fraction of sp³-hybridized carbons (Fsp3) is 0.560. The Bertz CT molecular complexity index is 1030. The van der Waals surface area contributed by atoms with Crippen LogP contribution in [0.3, 0.4) is 0 Å². The number of benzene rings is 1. The molecule has 3 heterocycles. The van der Waals surface area contributed by atoms with Crippen molar-refractivity contribution in [2.24, 2.45) is 11.3 Å². The molecule has 5 rings (SSSR count). The third-order valence-corrected chi connectivity index (χ3v) is 7.02. The molecule has 2 saturated heterocycles. The minimum atomic E-state index is -0.572. The molecule has 0 bridgehead atoms. The van der Waals surface area contributed by atoms with E-state index in [1.807, 2.05) is 29.2 Å². The predicted molar refractivity (Wildman–Crippen MR) is 127 cm³/mol. The van der Waals surface area contributed by atoms with Gasteiger partial charge >= 0.3 is 0 Å². The molecule has 34 heavy (non-hydrogen) atoms. The first-order chi connectivity index (χ1) is 16.3. The molecule has 1 aromatic heterocycles. The van der Waals surface area contributed by atoms with Crippen LogP contribution in [-0.4, -0.2) is 65.8 Å². The van der Waals surface area contributed by atoms with Crippen LogP contribution < -0.4 is 15.0 Å². The van der Waals surface area contributed by atoms with Crippen LogP contribution in [0.4, 0.5) is 21.7 Å². The average molecular weight is 470 g/mol. The summed E-state index contributed by atoms with van der Waals surface area (Å²) in [5.74, 6) is 0.174. The van der Waals surface area contributed by atoms with E-state index in [1.54, 1.807) is 6.92 Å². The lowest BCUT2D eigenvalue weighted by molar-refractivity contribution is -0.154. The maximum Gasteiger partial charge on any atom is 0.255 e. The summed E-state index contributed by atoms with van der Waals surface area (Å²) in [6.45, 7) is 9.57. The Labute approximate surface area is 199 Å². The van der Waals surface area contributed by atoms with E-state index < -0.39 is 5.82 Å². The van der Waals surface area contributed by atoms with Crippen LogP contribution in [-0.2, 0) is 9.53 Å². The number of halogens is 1. The van der Waals surface area contributed by atoms with Crippen LogP contribution in [0.1, 0.15) is 33.6 Å². The Morgan fingerprint density at radius 1 is 1.21 bits per heavy atom. The number of ether oxygens (including phenoxy) is 2. The summed E-state index contributed by atoms with van der Waals surface area (Å²) in [4.78, 5) is 23.9. The fourth-order valence-electron chi connectivity index (χ4n) is 5.51. The summed E-state index contributed by atoms with van der Waals surface area (Å²) in [6.07, 6.45) is 3.53. The fourth-order valence-corrected chi connectivity index (χ4v) is 5.51. The monoisotopic (exact) mass is 469 g/mol. The summed E-state index contributed by atoms with van der Waals surface area (Å²) in [6, 6.07) is 8.02. The zero-order valence-corrected chi connectivity index (χ0v) is 20.0. The van der Waals surface area contributed by atoms with Crippen LogP contribution in [0, 0.1) is 17.2 Å². The van der Waals surface area contributed by atoms with Crippen LogP contribution in [0.5, 0.6) is 5.88 Å². The van der Waals surface area contributed by atoms with Crippen LogP contribution in [0.15, 0.2) is 30.5 Å². The second-order valence-electron chi connectivity index (χ2n) is 10.1. The van der Waals surface area contributed by atoms with E-state index in [0.717, 1.165) is 56.6 Å². The lowest BCUT2D eigenvalue weighted by atomic mass is 9.58. The number of morpholine rings is 1. The summed E-state index contributed by atoms with van der Waals surface area (Å²) in [7, 11) is 0. The standard InChI is InChI=1S/C25H32FN5O3/c1-16-11-30(12-17(2)34-16)21-6-4-20(5-7-21)28-24-27-10-22(26)23(29-24)33-13-19-8-25(9-19)14-31(15-25)18(3)32/h4-7,10,16-17,19H,8-9,11-15H2,1-3H3,(H,27,28,29)/t16-,17+. The van der Waals surface area contributed by atoms with Gasteiger partial charge in [-0.25, -0.2) is 4.98 Å². The molecule has 1 saturated carbocycles. The zero-order chi connectivity index (χ0) is 23.9. The predicted octanol–water partition coefficient (Wildman–Crippen LogP) is 3.61. The molecule has 0 unspecified atom stereocenters. The van der Waals surface area contributed by atoms with Crippen molar-refractivity contribution >= 4 is 23.2 Å². The number of nitrogens with zero attached hydrogens (tertiary/aromatic N) is 4. The molecule has 1 aromatic carbocycles. The van der Waals surface area contributed by atoms with Gasteiger partial charge in [0.1, 0.15) is 0 Å². The number of carbonyl (C=O) groups excluding carboxylic acids is 1. The molecule has 0 radical (unpaired) electrons. The van der Waals surface area contributed by atoms with Crippen molar-refractivity contribution in [2.45, 2.75) is 45.8 Å². The molecular weight excluding hydrogens is 437 g/mol. The van der Waals surface area contributed by atoms with Crippen molar-refractivity contribution in [1.82, 2.24) is 14.9 Å². The topological polar surface area (TPSA) is 79.8 Å². The minimum Gasteiger partial charge on any atom is -0.475 e. The van der Waals surface area contributed by atoms with Crippen molar-refractivity contribution in [2.75, 3.05) is 43.0 Å². The minimum absolute atomic E-state index is 0.0367. The summed E-state index contributed by atoms with van der Waals surface area (Å²) >= 11 is 0. The number of hydrogen-bond donors (Lipinski definition) is 1. The number of likely N-dealkylation sites (tertiary alicyclic amines) is 1. The third-order valence-electron chi connectivity index (χ3n) is 7.02. The van der Waals surface area contributed by atoms with Gasteiger partial charge in [-0.3, -0.25) is 4.79 Å². The maximum atomic E-state index is 14.2. The van der Waals surface area contributed by atoms with E-state index in [2.05, 4.69) is 34.0 Å². The first kappa shape index (κ1) is 22.8. The van der Waals surface area contributed by atoms with Crippen molar-refractivity contribution < 1.29 is 18.7 Å². The van der Waals surface area contributed by atoms with Crippen LogP contribution >= 0.6 is 0 Å². The molecule has 2 atom stereocenters. The smallest absolute Gasteiger partial charge is 0.255 e. The summed E-state index contributed by atoms with van der Waals surface area (Å²) < 4.78 is 25.8. The molecule has 9 heteroatoms. The number of rotatable bonds is 6. The van der Waals surface area contributed by atoms with Gasteiger partial charge in [0.2, 0.25) is 17.7 Å². The van der Waals surface area contributed by atoms with Gasteiger partial charge < -0.3 is 24.6 Å². The molecule has 1 N–H and O–H groups in total. The Morgan fingerprint density at radius 3 is 2.53 bits per heavy atom. The number of hydrogen-bond acceptors (Lipinski definition) is 7. The van der Waals surface area contributed by atoms with Crippen LogP contribution in [0.2, 0.25) is 0 Å². The van der Waals surface area contributed by atoms with E-state index in [1.165, 1.54) is 0 Å². The second-order valence-corrected chi connectivity index (χ2v) is 10.1. The average Bonchev–Trinajstić information content (AvgIpc) is 2.73. The van der Waals surface area contributed by atoms with Gasteiger partial charge in [-0.2, -0.15) is 9.37 Å². The number of carbonyl (C=O) groups is 1. The summed E-state index contributed by atoms with van der Waals surface area (Å²) in [5, 5.41) is 3.13. The Morgan fingerprint density at radius 2 is 1.88 bits per heavy atom. The number of anilines is 3. The van der Waals surface area contributed by atoms with Gasteiger partial charge in [-0.05, 0) is 56.9 Å². The molecule has 2 aromatic rings. The van der Waals surface area contributed by atoms with E-state index >= 15 is 0 Å². The normalized spacial score (nSPS) is 23.9. The Hall–Kier alpha value is -2.94. The Kier molecular flexibility index (Phi) is 6.06. The quantitative estimate of drug-likeness (QED) is 0.692. The number of amides is 1. The molecule has 1 amide bonds. The second kappa shape index (κ2) is 9.02. The van der Waals surface area contributed by atoms with Crippen molar-refractivity contribution in [3.8, 4) is 5.88 Å². The molecule has 3 fully saturated rings. The molecule has 2 aliphatic heterocycles. The van der Waals surface area contributed by atoms with E-state index in [-0.39, 0.29) is 29.4 Å². The highest BCUT2D eigenvalue weighted by Crippen LogP contribution is 2.51. The van der Waals surface area contributed by atoms with Crippen molar-refractivity contribution in [1.29, 1.82) is 0 Å². The van der Waals surface area contributed by atoms with Gasteiger partial charge in [-0.15, -0.1) is 0 Å². The lowest BCUT2D eigenvalue weighted by Crippen LogP contribution is -2.63. The molecule has 1 aliphatic carbocycles. The highest BCUT2D eigenvalue weighted by molar-refractivity contribution is 5.74. The number of aromatic nitrogens is 2. The van der Waals surface area contributed by atoms with Crippen molar-refractivity contribution in [3.05, 3.63) is 36.3 Å².